The fraction of sp³-hybridized carbons (Fsp3) is 0.429. The average Bonchev–Trinajstić information content (AvgIpc) is 3.20. The number of rotatable bonds is 4. The molecule has 0 saturated carbocycles. The number of hydrogen-bond donors (Lipinski definition) is 0. The van der Waals surface area contributed by atoms with Crippen LogP contribution in [-0.4, -0.2) is 26.4 Å². The number of fused-ring (bicyclic) bond motifs is 1. The van der Waals surface area contributed by atoms with Crippen LogP contribution in [0.1, 0.15) is 48.2 Å². The van der Waals surface area contributed by atoms with Gasteiger partial charge in [0.05, 0.1) is 5.69 Å². The van der Waals surface area contributed by atoms with Gasteiger partial charge in [-0.05, 0) is 45.9 Å². The molecule has 4 rings (SSSR count). The fourth-order valence-corrected chi connectivity index (χ4v) is 3.92. The minimum absolute atomic E-state index is 0.318. The van der Waals surface area contributed by atoms with Crippen molar-refractivity contribution in [3.63, 3.8) is 0 Å². The van der Waals surface area contributed by atoms with Crippen LogP contribution >= 0.6 is 0 Å². The molecule has 3 heterocycles. The molecular formula is C21H24F2N4O. The van der Waals surface area contributed by atoms with E-state index in [1.807, 2.05) is 6.92 Å². The molecule has 1 aliphatic heterocycles. The van der Waals surface area contributed by atoms with E-state index >= 15 is 0 Å². The van der Waals surface area contributed by atoms with Gasteiger partial charge in [0.25, 0.3) is 0 Å². The molecule has 28 heavy (non-hydrogen) atoms. The lowest BCUT2D eigenvalue weighted by molar-refractivity contribution is 0.228. The molecular weight excluding hydrogens is 362 g/mol. The summed E-state index contributed by atoms with van der Waals surface area (Å²) in [5.41, 5.74) is 5.54. The predicted octanol–water partition coefficient (Wildman–Crippen LogP) is 4.57. The van der Waals surface area contributed by atoms with E-state index in [-0.39, 0.29) is 0 Å². The summed E-state index contributed by atoms with van der Waals surface area (Å²) in [7, 11) is 0. The van der Waals surface area contributed by atoms with Crippen LogP contribution in [0.3, 0.4) is 0 Å². The average molecular weight is 386 g/mol. The van der Waals surface area contributed by atoms with Crippen molar-refractivity contribution in [3.8, 4) is 11.3 Å². The monoisotopic (exact) mass is 386 g/mol. The van der Waals surface area contributed by atoms with Gasteiger partial charge in [-0.2, -0.15) is 5.10 Å². The zero-order valence-electron chi connectivity index (χ0n) is 16.6. The van der Waals surface area contributed by atoms with Gasteiger partial charge in [-0.3, -0.25) is 9.58 Å². The molecule has 3 aromatic rings. The van der Waals surface area contributed by atoms with Gasteiger partial charge in [0, 0.05) is 54.5 Å². The third kappa shape index (κ3) is 3.24. The molecule has 0 atom stereocenters. The molecule has 1 aliphatic rings. The van der Waals surface area contributed by atoms with Crippen molar-refractivity contribution in [2.75, 3.05) is 6.54 Å². The molecule has 1 aromatic carbocycles. The Hall–Kier alpha value is -2.54. The standard InChI is InChI=1S/C21H24F2N4O/c1-12(2)27-14(4)16(13(3)24-27)10-26-8-7-20-17(11-26)21(25-28-20)15-5-6-18(22)19(23)9-15/h5-6,9,12H,7-8,10-11H2,1-4H3. The largest absolute Gasteiger partial charge is 0.360 e. The SMILES string of the molecule is Cc1nn(C(C)C)c(C)c1CN1CCc2onc(-c3ccc(F)c(F)c3)c2C1. The van der Waals surface area contributed by atoms with Crippen LogP contribution in [0.15, 0.2) is 22.7 Å². The zero-order chi connectivity index (χ0) is 20.0. The second-order valence-corrected chi connectivity index (χ2v) is 7.71. The Balaban J connectivity index is 1.60. The number of benzene rings is 1. The van der Waals surface area contributed by atoms with Gasteiger partial charge in [-0.25, -0.2) is 8.78 Å². The lowest BCUT2D eigenvalue weighted by atomic mass is 10.0. The predicted molar refractivity (Wildman–Crippen MR) is 102 cm³/mol. The lowest BCUT2D eigenvalue weighted by Crippen LogP contribution is -2.30. The molecule has 148 valence electrons. The summed E-state index contributed by atoms with van der Waals surface area (Å²) < 4.78 is 34.5. The number of aromatic nitrogens is 3. The fourth-order valence-electron chi connectivity index (χ4n) is 3.92. The van der Waals surface area contributed by atoms with Crippen molar-refractivity contribution in [2.45, 2.75) is 53.2 Å². The van der Waals surface area contributed by atoms with E-state index in [9.17, 15) is 8.78 Å². The van der Waals surface area contributed by atoms with Gasteiger partial charge >= 0.3 is 0 Å². The van der Waals surface area contributed by atoms with E-state index < -0.39 is 11.6 Å². The summed E-state index contributed by atoms with van der Waals surface area (Å²) in [6, 6.07) is 4.15. The number of nitrogens with zero attached hydrogens (tertiary/aromatic N) is 4. The van der Waals surface area contributed by atoms with Gasteiger partial charge < -0.3 is 4.52 Å². The summed E-state index contributed by atoms with van der Waals surface area (Å²) in [5.74, 6) is -0.924. The van der Waals surface area contributed by atoms with Gasteiger partial charge in [0.2, 0.25) is 0 Å². The van der Waals surface area contributed by atoms with Crippen LogP contribution in [0.25, 0.3) is 11.3 Å². The maximum absolute atomic E-state index is 13.7. The Morgan fingerprint density at radius 2 is 1.96 bits per heavy atom. The van der Waals surface area contributed by atoms with E-state index in [0.29, 0.717) is 23.8 Å². The summed E-state index contributed by atoms with van der Waals surface area (Å²) in [6.45, 7) is 10.7. The summed E-state index contributed by atoms with van der Waals surface area (Å²) in [5, 5.41) is 8.81. The van der Waals surface area contributed by atoms with Crippen molar-refractivity contribution in [3.05, 3.63) is 58.1 Å². The summed E-state index contributed by atoms with van der Waals surface area (Å²) in [6.07, 6.45) is 0.739. The molecule has 0 N–H and O–H groups in total. The molecule has 2 aromatic heterocycles. The smallest absolute Gasteiger partial charge is 0.159 e. The molecule has 0 saturated heterocycles. The van der Waals surface area contributed by atoms with Crippen molar-refractivity contribution < 1.29 is 13.3 Å². The molecule has 0 aliphatic carbocycles. The molecule has 5 nitrogen and oxygen atoms in total. The minimum atomic E-state index is -0.880. The highest BCUT2D eigenvalue weighted by molar-refractivity contribution is 5.63. The van der Waals surface area contributed by atoms with E-state index in [2.05, 4.69) is 40.6 Å². The topological polar surface area (TPSA) is 47.1 Å². The first-order valence-corrected chi connectivity index (χ1v) is 9.55. The quantitative estimate of drug-likeness (QED) is 0.659. The van der Waals surface area contributed by atoms with Gasteiger partial charge in [0.1, 0.15) is 11.5 Å². The van der Waals surface area contributed by atoms with Gasteiger partial charge in [-0.15, -0.1) is 0 Å². The molecule has 0 bridgehead atoms. The Bertz CT molecular complexity index is 1020. The molecule has 7 heteroatoms. The van der Waals surface area contributed by atoms with Crippen molar-refractivity contribution in [2.24, 2.45) is 0 Å². The van der Waals surface area contributed by atoms with E-state index in [1.165, 1.54) is 23.4 Å². The number of aryl methyl sites for hydroxylation is 1. The highest BCUT2D eigenvalue weighted by atomic mass is 19.2. The van der Waals surface area contributed by atoms with Crippen molar-refractivity contribution in [1.29, 1.82) is 0 Å². The van der Waals surface area contributed by atoms with E-state index in [0.717, 1.165) is 42.6 Å². The van der Waals surface area contributed by atoms with Crippen molar-refractivity contribution in [1.82, 2.24) is 19.8 Å². The van der Waals surface area contributed by atoms with E-state index in [1.54, 1.807) is 0 Å². The second kappa shape index (κ2) is 7.13. The third-order valence-electron chi connectivity index (χ3n) is 5.45. The van der Waals surface area contributed by atoms with Gasteiger partial charge in [0.15, 0.2) is 11.6 Å². The van der Waals surface area contributed by atoms with Crippen LogP contribution in [0.2, 0.25) is 0 Å². The highest BCUT2D eigenvalue weighted by Crippen LogP contribution is 2.32. The van der Waals surface area contributed by atoms with Crippen LogP contribution in [0, 0.1) is 25.5 Å². The Morgan fingerprint density at radius 1 is 1.18 bits per heavy atom. The first-order chi connectivity index (χ1) is 13.3. The maximum Gasteiger partial charge on any atom is 0.159 e. The number of halogens is 2. The number of hydrogen-bond acceptors (Lipinski definition) is 4. The second-order valence-electron chi connectivity index (χ2n) is 7.71. The van der Waals surface area contributed by atoms with Crippen LogP contribution < -0.4 is 0 Å². The summed E-state index contributed by atoms with van der Waals surface area (Å²) >= 11 is 0. The molecule has 0 unspecified atom stereocenters. The maximum atomic E-state index is 13.7. The molecule has 0 fully saturated rings. The summed E-state index contributed by atoms with van der Waals surface area (Å²) in [4.78, 5) is 2.32. The Kier molecular flexibility index (Phi) is 4.79. The van der Waals surface area contributed by atoms with Gasteiger partial charge in [-0.1, -0.05) is 5.16 Å². The molecule has 0 amide bonds. The van der Waals surface area contributed by atoms with E-state index in [4.69, 9.17) is 4.52 Å². The minimum Gasteiger partial charge on any atom is -0.360 e. The van der Waals surface area contributed by atoms with Crippen molar-refractivity contribution >= 4 is 0 Å². The molecule has 0 radical (unpaired) electrons. The Morgan fingerprint density at radius 3 is 2.64 bits per heavy atom. The Labute approximate surface area is 162 Å². The first-order valence-electron chi connectivity index (χ1n) is 9.55. The van der Waals surface area contributed by atoms with Crippen LogP contribution in [0.5, 0.6) is 0 Å². The van der Waals surface area contributed by atoms with Crippen LogP contribution in [-0.2, 0) is 19.5 Å². The first kappa shape index (κ1) is 18.8. The third-order valence-corrected chi connectivity index (χ3v) is 5.45. The lowest BCUT2D eigenvalue weighted by Gasteiger charge is -2.26. The highest BCUT2D eigenvalue weighted by Gasteiger charge is 2.27. The zero-order valence-corrected chi connectivity index (χ0v) is 16.6. The van der Waals surface area contributed by atoms with Crippen LogP contribution in [0.4, 0.5) is 8.78 Å². The molecule has 0 spiro atoms. The normalized spacial score (nSPS) is 14.7.